The normalized spacial score (nSPS) is 15.7. The molecule has 5 nitrogen and oxygen atoms in total. The number of benzene rings is 1. The van der Waals surface area contributed by atoms with Gasteiger partial charge in [-0.1, -0.05) is 6.92 Å². The second kappa shape index (κ2) is 5.84. The molecule has 1 aromatic rings. The van der Waals surface area contributed by atoms with Gasteiger partial charge in [0.1, 0.15) is 0 Å². The Morgan fingerprint density at radius 1 is 1.21 bits per heavy atom. The van der Waals surface area contributed by atoms with Gasteiger partial charge in [-0.2, -0.15) is 0 Å². The zero-order chi connectivity index (χ0) is 13.8. The van der Waals surface area contributed by atoms with Gasteiger partial charge in [-0.05, 0) is 43.5 Å². The van der Waals surface area contributed by atoms with Crippen molar-refractivity contribution in [3.8, 4) is 0 Å². The summed E-state index contributed by atoms with van der Waals surface area (Å²) in [5.41, 5.74) is 7.06. The third-order valence-corrected chi connectivity index (χ3v) is 3.14. The summed E-state index contributed by atoms with van der Waals surface area (Å²) in [7, 11) is 0. The lowest BCUT2D eigenvalue weighted by atomic mass is 10.2. The first-order chi connectivity index (χ1) is 9.10. The van der Waals surface area contributed by atoms with Crippen LogP contribution >= 0.6 is 0 Å². The van der Waals surface area contributed by atoms with Gasteiger partial charge in [0.05, 0.1) is 6.04 Å². The van der Waals surface area contributed by atoms with Crippen molar-refractivity contribution in [1.29, 1.82) is 0 Å². The van der Waals surface area contributed by atoms with Crippen LogP contribution in [0.2, 0.25) is 0 Å². The van der Waals surface area contributed by atoms with Gasteiger partial charge in [-0.25, -0.2) is 0 Å². The highest BCUT2D eigenvalue weighted by Crippen LogP contribution is 2.30. The number of rotatable bonds is 5. The SMILES string of the molecule is CC[C@@H](N)C(=O)Nc1ccc(NC(=O)C2CC2)cc1. The molecule has 4 N–H and O–H groups in total. The number of hydrogen-bond acceptors (Lipinski definition) is 3. The van der Waals surface area contributed by atoms with E-state index in [0.29, 0.717) is 12.1 Å². The van der Waals surface area contributed by atoms with Gasteiger partial charge in [-0.3, -0.25) is 9.59 Å². The highest BCUT2D eigenvalue weighted by Gasteiger charge is 2.29. The van der Waals surface area contributed by atoms with E-state index in [1.165, 1.54) is 0 Å². The van der Waals surface area contributed by atoms with Crippen molar-refractivity contribution in [2.45, 2.75) is 32.2 Å². The van der Waals surface area contributed by atoms with E-state index in [-0.39, 0.29) is 17.7 Å². The predicted octanol–water partition coefficient (Wildman–Crippen LogP) is 1.71. The first kappa shape index (κ1) is 13.5. The fourth-order valence-electron chi connectivity index (χ4n) is 1.65. The minimum absolute atomic E-state index is 0.0739. The molecule has 0 aliphatic heterocycles. The first-order valence-corrected chi connectivity index (χ1v) is 6.57. The van der Waals surface area contributed by atoms with Crippen molar-refractivity contribution in [3.63, 3.8) is 0 Å². The highest BCUT2D eigenvalue weighted by atomic mass is 16.2. The number of nitrogens with one attached hydrogen (secondary N) is 2. The minimum atomic E-state index is -0.491. The van der Waals surface area contributed by atoms with Crippen molar-refractivity contribution in [2.75, 3.05) is 10.6 Å². The largest absolute Gasteiger partial charge is 0.326 e. The molecule has 1 aliphatic carbocycles. The number of amides is 2. The summed E-state index contributed by atoms with van der Waals surface area (Å²) in [6, 6.07) is 6.56. The molecular weight excluding hydrogens is 242 g/mol. The van der Waals surface area contributed by atoms with E-state index in [1.807, 2.05) is 6.92 Å². The van der Waals surface area contributed by atoms with Crippen molar-refractivity contribution < 1.29 is 9.59 Å². The minimum Gasteiger partial charge on any atom is -0.326 e. The molecule has 2 rings (SSSR count). The summed E-state index contributed by atoms with van der Waals surface area (Å²) in [6.07, 6.45) is 2.56. The van der Waals surface area contributed by atoms with E-state index < -0.39 is 6.04 Å². The molecule has 0 bridgehead atoms. The monoisotopic (exact) mass is 261 g/mol. The van der Waals surface area contributed by atoms with Gasteiger partial charge < -0.3 is 16.4 Å². The smallest absolute Gasteiger partial charge is 0.241 e. The molecule has 5 heteroatoms. The predicted molar refractivity (Wildman–Crippen MR) is 74.7 cm³/mol. The summed E-state index contributed by atoms with van der Waals surface area (Å²) in [6.45, 7) is 1.86. The summed E-state index contributed by atoms with van der Waals surface area (Å²) in [4.78, 5) is 23.2. The maximum atomic E-state index is 11.6. The van der Waals surface area contributed by atoms with E-state index in [1.54, 1.807) is 24.3 Å². The van der Waals surface area contributed by atoms with Crippen LogP contribution in [0.15, 0.2) is 24.3 Å². The van der Waals surface area contributed by atoms with Crippen LogP contribution in [0.25, 0.3) is 0 Å². The molecule has 1 saturated carbocycles. The number of anilines is 2. The Hall–Kier alpha value is -1.88. The fraction of sp³-hybridized carbons (Fsp3) is 0.429. The van der Waals surface area contributed by atoms with Crippen molar-refractivity contribution in [1.82, 2.24) is 0 Å². The van der Waals surface area contributed by atoms with E-state index in [9.17, 15) is 9.59 Å². The Balaban J connectivity index is 1.90. The van der Waals surface area contributed by atoms with E-state index in [2.05, 4.69) is 10.6 Å². The van der Waals surface area contributed by atoms with Crippen LogP contribution in [0.5, 0.6) is 0 Å². The highest BCUT2D eigenvalue weighted by molar-refractivity contribution is 5.96. The maximum absolute atomic E-state index is 11.6. The summed E-state index contributed by atoms with van der Waals surface area (Å²) < 4.78 is 0. The van der Waals surface area contributed by atoms with Gasteiger partial charge in [0, 0.05) is 17.3 Å². The van der Waals surface area contributed by atoms with Crippen LogP contribution in [-0.2, 0) is 9.59 Å². The number of carbonyl (C=O) groups excluding carboxylic acids is 2. The average molecular weight is 261 g/mol. The Bertz CT molecular complexity index is 466. The molecule has 0 spiro atoms. The zero-order valence-electron chi connectivity index (χ0n) is 11.0. The van der Waals surface area contributed by atoms with E-state index in [4.69, 9.17) is 5.73 Å². The summed E-state index contributed by atoms with van der Waals surface area (Å²) in [5.74, 6) is 0.0592. The third-order valence-electron chi connectivity index (χ3n) is 3.14. The molecule has 0 heterocycles. The third kappa shape index (κ3) is 3.79. The van der Waals surface area contributed by atoms with Gasteiger partial charge in [0.15, 0.2) is 0 Å². The molecule has 0 aromatic heterocycles. The summed E-state index contributed by atoms with van der Waals surface area (Å²) >= 11 is 0. The van der Waals surface area contributed by atoms with E-state index >= 15 is 0 Å². The van der Waals surface area contributed by atoms with Gasteiger partial charge >= 0.3 is 0 Å². The Morgan fingerprint density at radius 3 is 2.21 bits per heavy atom. The van der Waals surface area contributed by atoms with Crippen LogP contribution < -0.4 is 16.4 Å². The Morgan fingerprint density at radius 2 is 1.74 bits per heavy atom. The maximum Gasteiger partial charge on any atom is 0.241 e. The topological polar surface area (TPSA) is 84.2 Å². The number of nitrogens with two attached hydrogens (primary N) is 1. The van der Waals surface area contributed by atoms with Crippen molar-refractivity contribution in [3.05, 3.63) is 24.3 Å². The Labute approximate surface area is 112 Å². The van der Waals surface area contributed by atoms with Crippen LogP contribution in [0, 0.1) is 5.92 Å². The molecule has 1 aliphatic rings. The second-order valence-corrected chi connectivity index (χ2v) is 4.84. The van der Waals surface area contributed by atoms with Crippen LogP contribution in [0.1, 0.15) is 26.2 Å². The molecule has 0 unspecified atom stereocenters. The van der Waals surface area contributed by atoms with Gasteiger partial charge in [0.2, 0.25) is 11.8 Å². The van der Waals surface area contributed by atoms with E-state index in [0.717, 1.165) is 18.5 Å². The molecule has 102 valence electrons. The lowest BCUT2D eigenvalue weighted by molar-refractivity contribution is -0.118. The van der Waals surface area contributed by atoms with Crippen LogP contribution in [0.3, 0.4) is 0 Å². The molecule has 2 amide bonds. The molecular formula is C14H19N3O2. The average Bonchev–Trinajstić information content (AvgIpc) is 3.24. The standard InChI is InChI=1S/C14H19N3O2/c1-2-12(15)14(19)17-11-7-5-10(6-8-11)16-13(18)9-3-4-9/h5-9,12H,2-4,15H2,1H3,(H,16,18)(H,17,19)/t12-/m1/s1. The lowest BCUT2D eigenvalue weighted by Crippen LogP contribution is -2.34. The molecule has 1 fully saturated rings. The summed E-state index contributed by atoms with van der Waals surface area (Å²) in [5, 5.41) is 5.57. The molecule has 0 radical (unpaired) electrons. The number of carbonyl (C=O) groups is 2. The number of hydrogen-bond donors (Lipinski definition) is 3. The second-order valence-electron chi connectivity index (χ2n) is 4.84. The van der Waals surface area contributed by atoms with Gasteiger partial charge in [0.25, 0.3) is 0 Å². The molecule has 19 heavy (non-hydrogen) atoms. The van der Waals surface area contributed by atoms with Crippen molar-refractivity contribution >= 4 is 23.2 Å². The van der Waals surface area contributed by atoms with Gasteiger partial charge in [-0.15, -0.1) is 0 Å². The molecule has 0 saturated heterocycles. The van der Waals surface area contributed by atoms with Crippen LogP contribution in [-0.4, -0.2) is 17.9 Å². The molecule has 1 aromatic carbocycles. The van der Waals surface area contributed by atoms with Crippen LogP contribution in [0.4, 0.5) is 11.4 Å². The first-order valence-electron chi connectivity index (χ1n) is 6.57. The zero-order valence-corrected chi connectivity index (χ0v) is 11.0. The quantitative estimate of drug-likeness (QED) is 0.754. The fourth-order valence-corrected chi connectivity index (χ4v) is 1.65. The van der Waals surface area contributed by atoms with Crippen molar-refractivity contribution in [2.24, 2.45) is 11.7 Å². The molecule has 1 atom stereocenters. The lowest BCUT2D eigenvalue weighted by Gasteiger charge is -2.10. The Kier molecular flexibility index (Phi) is 4.16.